The molecule has 6 nitrogen and oxygen atoms in total. The Morgan fingerprint density at radius 1 is 1.16 bits per heavy atom. The molecule has 0 spiro atoms. The van der Waals surface area contributed by atoms with Gasteiger partial charge in [0, 0.05) is 12.4 Å². The van der Waals surface area contributed by atoms with Crippen LogP contribution in [-0.4, -0.2) is 9.97 Å². The molecule has 2 rings (SSSR count). The molecule has 1 aromatic heterocycles. The Morgan fingerprint density at radius 3 is 2.53 bits per heavy atom. The summed E-state index contributed by atoms with van der Waals surface area (Å²) in [6, 6.07) is 7.02. The van der Waals surface area contributed by atoms with E-state index in [4.69, 9.17) is 21.0 Å². The molecule has 0 aliphatic heterocycles. The van der Waals surface area contributed by atoms with E-state index < -0.39 is 0 Å². The molecule has 0 aliphatic carbocycles. The maximum atomic E-state index is 8.91. The summed E-state index contributed by atoms with van der Waals surface area (Å²) in [6.07, 6.45) is 2.82. The molecule has 0 radical (unpaired) electrons. The van der Waals surface area contributed by atoms with Gasteiger partial charge in [-0.25, -0.2) is 9.97 Å². The van der Waals surface area contributed by atoms with Crippen molar-refractivity contribution in [1.82, 2.24) is 9.97 Å². The van der Waals surface area contributed by atoms with E-state index in [0.29, 0.717) is 20.6 Å². The fraction of sp³-hybridized carbons (Fsp3) is 0. The third-order valence-corrected chi connectivity index (χ3v) is 2.97. The summed E-state index contributed by atoms with van der Waals surface area (Å²) in [5.74, 6) is 0.441. The van der Waals surface area contributed by atoms with Crippen molar-refractivity contribution in [2.75, 3.05) is 5.73 Å². The molecule has 92 valence electrons. The molecule has 0 amide bonds. The molecule has 0 aliphatic rings. The SMILES string of the molecule is N#Cc1cc(N)c(Oc2nccnc2C#N)c(I)c1. The Bertz CT molecular complexity index is 694. The number of anilines is 1. The Kier molecular flexibility index (Phi) is 3.78. The van der Waals surface area contributed by atoms with Crippen LogP contribution in [0.25, 0.3) is 0 Å². The largest absolute Gasteiger partial charge is 0.433 e. The Morgan fingerprint density at radius 2 is 1.89 bits per heavy atom. The van der Waals surface area contributed by atoms with E-state index in [1.807, 2.05) is 34.7 Å². The second kappa shape index (κ2) is 5.50. The molecule has 0 fully saturated rings. The molecule has 7 heteroatoms. The van der Waals surface area contributed by atoms with Gasteiger partial charge in [0.1, 0.15) is 6.07 Å². The minimum Gasteiger partial charge on any atom is -0.433 e. The van der Waals surface area contributed by atoms with Crippen molar-refractivity contribution in [2.45, 2.75) is 0 Å². The molecule has 0 bridgehead atoms. The van der Waals surface area contributed by atoms with Crippen LogP contribution in [0, 0.1) is 26.2 Å². The van der Waals surface area contributed by atoms with Crippen molar-refractivity contribution in [3.63, 3.8) is 0 Å². The first-order chi connectivity index (χ1) is 9.15. The van der Waals surface area contributed by atoms with Crippen molar-refractivity contribution >= 4 is 28.3 Å². The van der Waals surface area contributed by atoms with E-state index in [1.165, 1.54) is 18.5 Å². The van der Waals surface area contributed by atoms with Gasteiger partial charge < -0.3 is 10.5 Å². The first-order valence-electron chi connectivity index (χ1n) is 5.03. The minimum atomic E-state index is 0.0714. The molecule has 2 N–H and O–H groups in total. The first kappa shape index (κ1) is 13.1. The predicted molar refractivity (Wildman–Crippen MR) is 75.1 cm³/mol. The second-order valence-corrected chi connectivity index (χ2v) is 4.57. The monoisotopic (exact) mass is 363 g/mol. The van der Waals surface area contributed by atoms with E-state index in [1.54, 1.807) is 6.07 Å². The highest BCUT2D eigenvalue weighted by molar-refractivity contribution is 14.1. The summed E-state index contributed by atoms with van der Waals surface area (Å²) in [5, 5.41) is 17.7. The van der Waals surface area contributed by atoms with E-state index in [9.17, 15) is 0 Å². The lowest BCUT2D eigenvalue weighted by Gasteiger charge is -2.10. The van der Waals surface area contributed by atoms with Crippen molar-refractivity contribution < 1.29 is 4.74 Å². The smallest absolute Gasteiger partial charge is 0.256 e. The van der Waals surface area contributed by atoms with Crippen molar-refractivity contribution in [1.29, 1.82) is 10.5 Å². The number of hydrogen-bond acceptors (Lipinski definition) is 6. The summed E-state index contributed by atoms with van der Waals surface area (Å²) < 4.78 is 6.18. The molecule has 0 unspecified atom stereocenters. The number of benzene rings is 1. The Hall–Kier alpha value is -2.39. The number of rotatable bonds is 2. The number of nitriles is 2. The zero-order valence-corrected chi connectivity index (χ0v) is 11.6. The summed E-state index contributed by atoms with van der Waals surface area (Å²) in [4.78, 5) is 7.78. The molecule has 0 atom stereocenters. The number of nitrogens with two attached hydrogens (primary N) is 1. The van der Waals surface area contributed by atoms with Crippen LogP contribution in [0.5, 0.6) is 11.6 Å². The minimum absolute atomic E-state index is 0.0714. The fourth-order valence-corrected chi connectivity index (χ4v) is 2.12. The number of nitrogens with zero attached hydrogens (tertiary/aromatic N) is 4. The third-order valence-electron chi connectivity index (χ3n) is 2.17. The van der Waals surface area contributed by atoms with E-state index >= 15 is 0 Å². The topological polar surface area (TPSA) is 109 Å². The Labute approximate surface area is 122 Å². The maximum absolute atomic E-state index is 8.91. The first-order valence-corrected chi connectivity index (χ1v) is 6.11. The lowest BCUT2D eigenvalue weighted by molar-refractivity contribution is 0.457. The molecule has 19 heavy (non-hydrogen) atoms. The predicted octanol–water partition coefficient (Wildman–Crippen LogP) is 2.20. The molecular weight excluding hydrogens is 357 g/mol. The van der Waals surface area contributed by atoms with Crippen LogP contribution in [0.4, 0.5) is 5.69 Å². The standard InChI is InChI=1S/C12H6IN5O/c13-8-3-7(5-14)4-9(16)11(8)19-12-10(6-15)17-1-2-18-12/h1-4H,16H2. The summed E-state index contributed by atoms with van der Waals surface area (Å²) in [5.41, 5.74) is 6.64. The molecular formula is C12H6IN5O. The highest BCUT2D eigenvalue weighted by Gasteiger charge is 2.13. The van der Waals surface area contributed by atoms with Gasteiger partial charge in [-0.3, -0.25) is 0 Å². The van der Waals surface area contributed by atoms with Gasteiger partial charge in [0.05, 0.1) is 20.9 Å². The maximum Gasteiger partial charge on any atom is 0.256 e. The van der Waals surface area contributed by atoms with Crippen LogP contribution in [0.3, 0.4) is 0 Å². The van der Waals surface area contributed by atoms with E-state index in [0.717, 1.165) is 0 Å². The summed E-state index contributed by atoms with van der Waals surface area (Å²) in [6.45, 7) is 0. The summed E-state index contributed by atoms with van der Waals surface area (Å²) in [7, 11) is 0. The average Bonchev–Trinajstić information content (AvgIpc) is 2.43. The second-order valence-electron chi connectivity index (χ2n) is 3.41. The van der Waals surface area contributed by atoms with Crippen molar-refractivity contribution in [3.05, 3.63) is 39.4 Å². The van der Waals surface area contributed by atoms with E-state index in [2.05, 4.69) is 9.97 Å². The number of nitrogen functional groups attached to an aromatic ring is 1. The average molecular weight is 363 g/mol. The number of aromatic nitrogens is 2. The lowest BCUT2D eigenvalue weighted by atomic mass is 10.2. The van der Waals surface area contributed by atoms with Gasteiger partial charge in [0.15, 0.2) is 5.75 Å². The quantitative estimate of drug-likeness (QED) is 0.647. The zero-order valence-electron chi connectivity index (χ0n) is 9.46. The van der Waals surface area contributed by atoms with Crippen LogP contribution in [0.1, 0.15) is 11.3 Å². The molecule has 0 saturated carbocycles. The number of ether oxygens (including phenoxy) is 1. The number of halogens is 1. The van der Waals surface area contributed by atoms with E-state index in [-0.39, 0.29) is 11.6 Å². The van der Waals surface area contributed by atoms with Crippen molar-refractivity contribution in [2.24, 2.45) is 0 Å². The van der Waals surface area contributed by atoms with Crippen LogP contribution >= 0.6 is 22.6 Å². The molecule has 2 aromatic rings. The molecule has 1 heterocycles. The van der Waals surface area contributed by atoms with Gasteiger partial charge in [0.2, 0.25) is 5.69 Å². The van der Waals surface area contributed by atoms with Crippen LogP contribution in [0.2, 0.25) is 0 Å². The highest BCUT2D eigenvalue weighted by Crippen LogP contribution is 2.33. The highest BCUT2D eigenvalue weighted by atomic mass is 127. The van der Waals surface area contributed by atoms with Gasteiger partial charge in [-0.2, -0.15) is 10.5 Å². The normalized spacial score (nSPS) is 9.42. The van der Waals surface area contributed by atoms with Crippen LogP contribution < -0.4 is 10.5 Å². The molecule has 0 saturated heterocycles. The zero-order chi connectivity index (χ0) is 13.8. The van der Waals surface area contributed by atoms with Gasteiger partial charge in [0.25, 0.3) is 5.88 Å². The lowest BCUT2D eigenvalue weighted by Crippen LogP contribution is -1.99. The number of hydrogen-bond donors (Lipinski definition) is 1. The third kappa shape index (κ3) is 2.72. The van der Waals surface area contributed by atoms with Gasteiger partial charge in [-0.05, 0) is 34.7 Å². The fourth-order valence-electron chi connectivity index (χ4n) is 1.36. The van der Waals surface area contributed by atoms with Crippen molar-refractivity contribution in [3.8, 4) is 23.8 Å². The summed E-state index contributed by atoms with van der Waals surface area (Å²) >= 11 is 2.00. The van der Waals surface area contributed by atoms with Gasteiger partial charge in [-0.15, -0.1) is 0 Å². The van der Waals surface area contributed by atoms with Crippen LogP contribution in [0.15, 0.2) is 24.5 Å². The van der Waals surface area contributed by atoms with Crippen LogP contribution in [-0.2, 0) is 0 Å². The molecule has 1 aromatic carbocycles. The van der Waals surface area contributed by atoms with Gasteiger partial charge >= 0.3 is 0 Å². The Balaban J connectivity index is 2.45. The van der Waals surface area contributed by atoms with Gasteiger partial charge in [-0.1, -0.05) is 0 Å².